The normalized spacial score (nSPS) is 12.2. The number of rotatable bonds is 8. The lowest BCUT2D eigenvalue weighted by molar-refractivity contribution is 0.0877. The van der Waals surface area contributed by atoms with E-state index in [0.29, 0.717) is 22.8 Å². The Hall–Kier alpha value is 0.0300. The highest BCUT2D eigenvalue weighted by Crippen LogP contribution is 2.34. The minimum Gasteiger partial charge on any atom is -0.397 e. The molecule has 1 atom stereocenters. The van der Waals surface area contributed by atoms with Crippen molar-refractivity contribution in [2.75, 3.05) is 25.6 Å². The van der Waals surface area contributed by atoms with Gasteiger partial charge in [0.05, 0.1) is 55.9 Å². The predicted molar refractivity (Wildman–Crippen MR) is 123 cm³/mol. The van der Waals surface area contributed by atoms with Gasteiger partial charge in [-0.1, -0.05) is 6.92 Å². The second-order valence-corrected chi connectivity index (χ2v) is 8.64. The number of anilines is 1. The van der Waals surface area contributed by atoms with Crippen molar-refractivity contribution in [3.8, 4) is 0 Å². The predicted octanol–water partition coefficient (Wildman–Crippen LogP) is 0.666. The smallest absolute Gasteiger partial charge is 0.253 e. The second-order valence-electron chi connectivity index (χ2n) is 5.40. The molecule has 1 aromatic carbocycles. The molecule has 2 amide bonds. The Morgan fingerprint density at radius 3 is 1.62 bits per heavy atom. The zero-order valence-electron chi connectivity index (χ0n) is 13.9. The van der Waals surface area contributed by atoms with E-state index in [1.165, 1.54) is 0 Å². The average molecular weight is 703 g/mol. The molecule has 0 aliphatic carbocycles. The van der Waals surface area contributed by atoms with Gasteiger partial charge < -0.3 is 31.7 Å². The molecule has 1 aromatic rings. The first-order valence-corrected chi connectivity index (χ1v) is 10.9. The number of nitrogens with one attached hydrogen (secondary N) is 2. The summed E-state index contributed by atoms with van der Waals surface area (Å²) in [6.45, 7) is 0.800. The number of hydrogen-bond acceptors (Lipinski definition) is 6. The number of aliphatic hydroxyl groups is 3. The van der Waals surface area contributed by atoms with Gasteiger partial charge in [0.2, 0.25) is 0 Å². The first kappa shape index (κ1) is 24.1. The minimum atomic E-state index is -0.814. The largest absolute Gasteiger partial charge is 0.397 e. The van der Waals surface area contributed by atoms with E-state index in [4.69, 9.17) is 15.9 Å². The van der Waals surface area contributed by atoms with Gasteiger partial charge in [-0.05, 0) is 74.2 Å². The van der Waals surface area contributed by atoms with Crippen molar-refractivity contribution in [3.05, 3.63) is 21.8 Å². The second kappa shape index (κ2) is 11.1. The van der Waals surface area contributed by atoms with Crippen LogP contribution in [-0.4, -0.2) is 59.0 Å². The summed E-state index contributed by atoms with van der Waals surface area (Å²) in [4.78, 5) is 25.3. The van der Waals surface area contributed by atoms with Gasteiger partial charge in [-0.25, -0.2) is 0 Å². The number of halogens is 3. The van der Waals surface area contributed by atoms with Crippen LogP contribution in [0.3, 0.4) is 0 Å². The van der Waals surface area contributed by atoms with E-state index < -0.39 is 37.1 Å². The maximum atomic E-state index is 12.7. The van der Waals surface area contributed by atoms with Crippen molar-refractivity contribution in [1.29, 1.82) is 0 Å². The lowest BCUT2D eigenvalue weighted by Gasteiger charge is -2.20. The molecule has 0 saturated heterocycles. The maximum absolute atomic E-state index is 12.7. The number of nitrogen functional groups attached to an aromatic ring is 1. The van der Waals surface area contributed by atoms with Crippen LogP contribution in [0, 0.1) is 10.7 Å². The van der Waals surface area contributed by atoms with E-state index in [-0.39, 0.29) is 17.7 Å². The summed E-state index contributed by atoms with van der Waals surface area (Å²) in [7, 11) is 0. The van der Waals surface area contributed by atoms with Crippen molar-refractivity contribution in [2.24, 2.45) is 0 Å². The number of carbonyl (C=O) groups excluding carboxylic acids is 2. The molecule has 7 N–H and O–H groups in total. The SMILES string of the molecule is CCC(CO)NC(=O)c1c(I)c(N)c(I)c(C(=O)NC(CO)CO)c1I. The van der Waals surface area contributed by atoms with E-state index in [2.05, 4.69) is 10.6 Å². The molecule has 26 heavy (non-hydrogen) atoms. The van der Waals surface area contributed by atoms with Crippen molar-refractivity contribution >= 4 is 85.3 Å². The van der Waals surface area contributed by atoms with Crippen LogP contribution < -0.4 is 16.4 Å². The van der Waals surface area contributed by atoms with Crippen molar-refractivity contribution in [1.82, 2.24) is 10.6 Å². The van der Waals surface area contributed by atoms with Gasteiger partial charge in [-0.2, -0.15) is 0 Å². The van der Waals surface area contributed by atoms with Gasteiger partial charge in [0, 0.05) is 3.57 Å². The highest BCUT2D eigenvalue weighted by molar-refractivity contribution is 14.1. The highest BCUT2D eigenvalue weighted by Gasteiger charge is 2.28. The number of carbonyl (C=O) groups is 2. The summed E-state index contributed by atoms with van der Waals surface area (Å²) in [6.07, 6.45) is 0.553. The van der Waals surface area contributed by atoms with Crippen LogP contribution in [0.1, 0.15) is 34.1 Å². The van der Waals surface area contributed by atoms with E-state index in [1.54, 1.807) is 0 Å². The molecular formula is C15H20I3N3O5. The van der Waals surface area contributed by atoms with Crippen LogP contribution in [0.15, 0.2) is 0 Å². The third-order valence-corrected chi connectivity index (χ3v) is 6.95. The fourth-order valence-corrected chi connectivity index (χ4v) is 6.17. The quantitative estimate of drug-likeness (QED) is 0.174. The molecule has 146 valence electrons. The first-order valence-electron chi connectivity index (χ1n) is 7.63. The Balaban J connectivity index is 3.40. The summed E-state index contributed by atoms with van der Waals surface area (Å²) in [5, 5.41) is 32.9. The molecule has 8 nitrogen and oxygen atoms in total. The first-order chi connectivity index (χ1) is 12.2. The highest BCUT2D eigenvalue weighted by atomic mass is 127. The number of nitrogens with two attached hydrogens (primary N) is 1. The van der Waals surface area contributed by atoms with Gasteiger partial charge >= 0.3 is 0 Å². The molecule has 0 aliphatic rings. The molecule has 11 heteroatoms. The Morgan fingerprint density at radius 1 is 0.885 bits per heavy atom. The maximum Gasteiger partial charge on any atom is 0.253 e. The number of aliphatic hydroxyl groups excluding tert-OH is 3. The van der Waals surface area contributed by atoms with Crippen LogP contribution in [0.2, 0.25) is 0 Å². The van der Waals surface area contributed by atoms with Crippen LogP contribution >= 0.6 is 67.8 Å². The molecule has 0 aliphatic heterocycles. The number of hydrogen-bond donors (Lipinski definition) is 6. The fourth-order valence-electron chi connectivity index (χ4n) is 2.02. The molecule has 0 fully saturated rings. The van der Waals surface area contributed by atoms with Crippen molar-refractivity contribution in [2.45, 2.75) is 25.4 Å². The summed E-state index contributed by atoms with van der Waals surface area (Å²) in [5.41, 5.74) is 6.85. The van der Waals surface area contributed by atoms with Crippen molar-refractivity contribution in [3.63, 3.8) is 0 Å². The van der Waals surface area contributed by atoms with Crippen LogP contribution in [0.25, 0.3) is 0 Å². The van der Waals surface area contributed by atoms with E-state index >= 15 is 0 Å². The molecule has 1 rings (SSSR count). The Labute approximate surface area is 192 Å². The van der Waals surface area contributed by atoms with Crippen LogP contribution in [0.4, 0.5) is 5.69 Å². The number of benzene rings is 1. The molecule has 0 spiro atoms. The van der Waals surface area contributed by atoms with Crippen molar-refractivity contribution < 1.29 is 24.9 Å². The molecule has 1 unspecified atom stereocenters. The van der Waals surface area contributed by atoms with Crippen LogP contribution in [-0.2, 0) is 0 Å². The standard InChI is InChI=1S/C15H20I3N3O5/c1-2-6(3-22)20-14(25)8-10(16)9(12(18)13(19)11(8)17)15(26)21-7(4-23)5-24/h6-7,22-24H,2-5,19H2,1H3,(H,20,25)(H,21,26). The third-order valence-electron chi connectivity index (χ3n) is 3.63. The summed E-state index contributed by atoms with van der Waals surface area (Å²) in [6, 6.07) is -1.22. The minimum absolute atomic E-state index is 0.197. The molecule has 0 heterocycles. The van der Waals surface area contributed by atoms with Gasteiger partial charge in [0.25, 0.3) is 11.8 Å². The lowest BCUT2D eigenvalue weighted by Crippen LogP contribution is -2.41. The molecular weight excluding hydrogens is 683 g/mol. The lowest BCUT2D eigenvalue weighted by atomic mass is 10.1. The zero-order chi connectivity index (χ0) is 20.0. The fraction of sp³-hybridized carbons (Fsp3) is 0.467. The molecule has 0 radical (unpaired) electrons. The zero-order valence-corrected chi connectivity index (χ0v) is 20.3. The van der Waals surface area contributed by atoms with E-state index in [0.717, 1.165) is 0 Å². The Bertz CT molecular complexity index is 626. The van der Waals surface area contributed by atoms with Gasteiger partial charge in [0.1, 0.15) is 0 Å². The van der Waals surface area contributed by atoms with Gasteiger partial charge in [-0.3, -0.25) is 9.59 Å². The summed E-state index contributed by atoms with van der Waals surface area (Å²) < 4.78 is 1.40. The summed E-state index contributed by atoms with van der Waals surface area (Å²) >= 11 is 5.79. The monoisotopic (exact) mass is 703 g/mol. The Kier molecular flexibility index (Phi) is 10.3. The molecule has 0 aromatic heterocycles. The van der Waals surface area contributed by atoms with Gasteiger partial charge in [0.15, 0.2) is 0 Å². The third kappa shape index (κ3) is 5.52. The average Bonchev–Trinajstić information content (AvgIpc) is 2.62. The number of amides is 2. The topological polar surface area (TPSA) is 145 Å². The molecule has 0 bridgehead atoms. The Morgan fingerprint density at radius 2 is 1.27 bits per heavy atom. The summed E-state index contributed by atoms with van der Waals surface area (Å²) in [5.74, 6) is -0.976. The van der Waals surface area contributed by atoms with Gasteiger partial charge in [-0.15, -0.1) is 0 Å². The van der Waals surface area contributed by atoms with E-state index in [9.17, 15) is 14.7 Å². The van der Waals surface area contributed by atoms with E-state index in [1.807, 2.05) is 74.7 Å². The molecule has 0 saturated carbocycles. The van der Waals surface area contributed by atoms with Crippen LogP contribution in [0.5, 0.6) is 0 Å².